The molecule has 0 bridgehead atoms. The number of rotatable bonds is 4. The maximum Gasteiger partial charge on any atom is 0.0900 e. The Kier molecular flexibility index (Phi) is 3.79. The summed E-state index contributed by atoms with van der Waals surface area (Å²) in [5.41, 5.74) is 9.09. The van der Waals surface area contributed by atoms with Gasteiger partial charge < -0.3 is 5.73 Å². The van der Waals surface area contributed by atoms with Crippen LogP contribution in [0.3, 0.4) is 0 Å². The number of nitrogens with two attached hydrogens (primary N) is 1. The van der Waals surface area contributed by atoms with E-state index >= 15 is 0 Å². The lowest BCUT2D eigenvalue weighted by Crippen LogP contribution is -1.93. The number of benzene rings is 1. The van der Waals surface area contributed by atoms with E-state index in [1.807, 2.05) is 23.5 Å². The summed E-state index contributed by atoms with van der Waals surface area (Å²) < 4.78 is 0. The molecule has 2 rings (SSSR count). The Labute approximate surface area is 107 Å². The zero-order valence-electron chi connectivity index (χ0n) is 10.4. The lowest BCUT2D eigenvalue weighted by molar-refractivity contribution is 0.874. The first-order valence-corrected chi connectivity index (χ1v) is 6.80. The molecule has 2 nitrogen and oxygen atoms in total. The fourth-order valence-electron chi connectivity index (χ4n) is 1.90. The summed E-state index contributed by atoms with van der Waals surface area (Å²) in [6.07, 6.45) is 3.20. The van der Waals surface area contributed by atoms with E-state index in [-0.39, 0.29) is 0 Å². The van der Waals surface area contributed by atoms with Crippen LogP contribution in [0.25, 0.3) is 0 Å². The molecule has 0 saturated carbocycles. The molecule has 0 atom stereocenters. The normalized spacial score (nSPS) is 10.7. The Morgan fingerprint density at radius 3 is 2.59 bits per heavy atom. The van der Waals surface area contributed by atoms with Gasteiger partial charge >= 0.3 is 0 Å². The molecule has 1 aromatic carbocycles. The third-order valence-corrected chi connectivity index (χ3v) is 3.73. The summed E-state index contributed by atoms with van der Waals surface area (Å²) in [6.45, 7) is 4.28. The van der Waals surface area contributed by atoms with Gasteiger partial charge in [0, 0.05) is 17.0 Å². The molecule has 0 aliphatic heterocycles. The maximum absolute atomic E-state index is 5.69. The smallest absolute Gasteiger partial charge is 0.0900 e. The molecular weight excluding hydrogens is 228 g/mol. The van der Waals surface area contributed by atoms with Gasteiger partial charge in [-0.05, 0) is 31.0 Å². The van der Waals surface area contributed by atoms with Gasteiger partial charge in [0.25, 0.3) is 0 Å². The number of anilines is 1. The fourth-order valence-corrected chi connectivity index (χ4v) is 2.92. The molecule has 0 amide bonds. The first-order chi connectivity index (χ1) is 8.19. The topological polar surface area (TPSA) is 38.9 Å². The van der Waals surface area contributed by atoms with Gasteiger partial charge in [-0.25, -0.2) is 4.98 Å². The monoisotopic (exact) mass is 246 g/mol. The minimum Gasteiger partial charge on any atom is -0.399 e. The van der Waals surface area contributed by atoms with E-state index in [1.165, 1.54) is 21.1 Å². The van der Waals surface area contributed by atoms with Gasteiger partial charge in [-0.2, -0.15) is 0 Å². The second kappa shape index (κ2) is 5.32. The number of hydrogen-bond donors (Lipinski definition) is 1. The predicted molar refractivity (Wildman–Crippen MR) is 74.5 cm³/mol. The highest BCUT2D eigenvalue weighted by atomic mass is 32.1. The average molecular weight is 246 g/mol. The summed E-state index contributed by atoms with van der Waals surface area (Å²) >= 11 is 1.81. The quantitative estimate of drug-likeness (QED) is 0.837. The van der Waals surface area contributed by atoms with Crippen LogP contribution in [-0.4, -0.2) is 4.98 Å². The molecule has 1 heterocycles. The Bertz CT molecular complexity index is 485. The van der Waals surface area contributed by atoms with Gasteiger partial charge in [-0.3, -0.25) is 0 Å². The van der Waals surface area contributed by atoms with Crippen molar-refractivity contribution in [2.45, 2.75) is 33.1 Å². The van der Waals surface area contributed by atoms with Crippen LogP contribution in [0.4, 0.5) is 5.69 Å². The molecule has 1 aromatic heterocycles. The average Bonchev–Trinajstić information content (AvgIpc) is 2.63. The highest BCUT2D eigenvalue weighted by Gasteiger charge is 2.08. The lowest BCUT2D eigenvalue weighted by Gasteiger charge is -2.02. The van der Waals surface area contributed by atoms with Crippen molar-refractivity contribution in [3.63, 3.8) is 0 Å². The summed E-state index contributed by atoms with van der Waals surface area (Å²) in [5, 5.41) is 1.17. The largest absolute Gasteiger partial charge is 0.399 e. The number of thiazole rings is 1. The van der Waals surface area contributed by atoms with Gasteiger partial charge in [-0.1, -0.05) is 25.5 Å². The zero-order valence-corrected chi connectivity index (χ0v) is 11.2. The van der Waals surface area contributed by atoms with E-state index in [4.69, 9.17) is 5.73 Å². The van der Waals surface area contributed by atoms with E-state index in [1.54, 1.807) is 0 Å². The second-order valence-electron chi connectivity index (χ2n) is 4.27. The van der Waals surface area contributed by atoms with Crippen molar-refractivity contribution < 1.29 is 0 Å². The standard InChI is InChI=1S/C14H18N2S/c1-3-4-13-14(17-10(2)16-13)9-11-5-7-12(15)8-6-11/h5-8H,3-4,9,15H2,1-2H3. The van der Waals surface area contributed by atoms with Crippen molar-refractivity contribution in [2.75, 3.05) is 5.73 Å². The molecule has 0 aliphatic carbocycles. The Morgan fingerprint density at radius 1 is 1.24 bits per heavy atom. The maximum atomic E-state index is 5.69. The molecular formula is C14H18N2S. The molecule has 17 heavy (non-hydrogen) atoms. The number of aryl methyl sites for hydroxylation is 2. The van der Waals surface area contributed by atoms with Crippen LogP contribution in [0, 0.1) is 6.92 Å². The highest BCUT2D eigenvalue weighted by molar-refractivity contribution is 7.11. The third-order valence-electron chi connectivity index (χ3n) is 2.72. The molecule has 2 aromatic rings. The Balaban J connectivity index is 2.20. The summed E-state index contributed by atoms with van der Waals surface area (Å²) in [6, 6.07) is 8.12. The number of hydrogen-bond acceptors (Lipinski definition) is 3. The van der Waals surface area contributed by atoms with E-state index < -0.39 is 0 Å². The lowest BCUT2D eigenvalue weighted by atomic mass is 10.1. The van der Waals surface area contributed by atoms with Crippen molar-refractivity contribution in [1.82, 2.24) is 4.98 Å². The van der Waals surface area contributed by atoms with Crippen molar-refractivity contribution in [2.24, 2.45) is 0 Å². The fraction of sp³-hybridized carbons (Fsp3) is 0.357. The first-order valence-electron chi connectivity index (χ1n) is 5.98. The van der Waals surface area contributed by atoms with E-state index in [9.17, 15) is 0 Å². The van der Waals surface area contributed by atoms with Crippen LogP contribution in [0.5, 0.6) is 0 Å². The number of nitrogen functional groups attached to an aromatic ring is 1. The van der Waals surface area contributed by atoms with Crippen LogP contribution < -0.4 is 5.73 Å². The SMILES string of the molecule is CCCc1nc(C)sc1Cc1ccc(N)cc1. The first kappa shape index (κ1) is 12.1. The van der Waals surface area contributed by atoms with Crippen molar-refractivity contribution in [1.29, 1.82) is 0 Å². The van der Waals surface area contributed by atoms with Crippen LogP contribution in [0.2, 0.25) is 0 Å². The van der Waals surface area contributed by atoms with Crippen LogP contribution in [0.15, 0.2) is 24.3 Å². The molecule has 0 aliphatic rings. The zero-order chi connectivity index (χ0) is 12.3. The Morgan fingerprint density at radius 2 is 1.94 bits per heavy atom. The summed E-state index contributed by atoms with van der Waals surface area (Å²) in [7, 11) is 0. The van der Waals surface area contributed by atoms with Gasteiger partial charge in [0.1, 0.15) is 0 Å². The van der Waals surface area contributed by atoms with Crippen LogP contribution >= 0.6 is 11.3 Å². The minimum absolute atomic E-state index is 0.822. The van der Waals surface area contributed by atoms with E-state index in [0.29, 0.717) is 0 Å². The van der Waals surface area contributed by atoms with Crippen molar-refractivity contribution in [3.8, 4) is 0 Å². The van der Waals surface area contributed by atoms with Gasteiger partial charge in [0.15, 0.2) is 0 Å². The molecule has 0 spiro atoms. The minimum atomic E-state index is 0.822. The van der Waals surface area contributed by atoms with E-state index in [0.717, 1.165) is 24.9 Å². The van der Waals surface area contributed by atoms with Crippen molar-refractivity contribution >= 4 is 17.0 Å². The van der Waals surface area contributed by atoms with Gasteiger partial charge in [0.2, 0.25) is 0 Å². The molecule has 90 valence electrons. The molecule has 2 N–H and O–H groups in total. The number of nitrogens with zero attached hydrogens (tertiary/aromatic N) is 1. The molecule has 3 heteroatoms. The molecule has 0 saturated heterocycles. The Hall–Kier alpha value is -1.35. The van der Waals surface area contributed by atoms with Crippen LogP contribution in [0.1, 0.15) is 34.5 Å². The van der Waals surface area contributed by atoms with Crippen LogP contribution in [-0.2, 0) is 12.8 Å². The number of aromatic nitrogens is 1. The second-order valence-corrected chi connectivity index (χ2v) is 5.56. The van der Waals surface area contributed by atoms with Crippen molar-refractivity contribution in [3.05, 3.63) is 45.4 Å². The predicted octanol–water partition coefficient (Wildman–Crippen LogP) is 3.58. The van der Waals surface area contributed by atoms with E-state index in [2.05, 4.69) is 31.0 Å². The summed E-state index contributed by atoms with van der Waals surface area (Å²) in [5.74, 6) is 0. The molecule has 0 unspecified atom stereocenters. The summed E-state index contributed by atoms with van der Waals surface area (Å²) in [4.78, 5) is 6.01. The van der Waals surface area contributed by atoms with Gasteiger partial charge in [0.05, 0.1) is 10.7 Å². The highest BCUT2D eigenvalue weighted by Crippen LogP contribution is 2.23. The van der Waals surface area contributed by atoms with Gasteiger partial charge in [-0.15, -0.1) is 11.3 Å². The molecule has 0 fully saturated rings. The molecule has 0 radical (unpaired) electrons. The third kappa shape index (κ3) is 3.07.